The van der Waals surface area contributed by atoms with Gasteiger partial charge in [0, 0.05) is 18.5 Å². The molecule has 1 fully saturated rings. The number of imide groups is 3. The Bertz CT molecular complexity index is 1030. The number of rotatable bonds is 5. The second kappa shape index (κ2) is 8.28. The highest BCUT2D eigenvalue weighted by Crippen LogP contribution is 2.37. The molecule has 1 saturated heterocycles. The van der Waals surface area contributed by atoms with Crippen molar-refractivity contribution >= 4 is 35.7 Å². The van der Waals surface area contributed by atoms with Crippen molar-refractivity contribution in [2.45, 2.75) is 12.6 Å². The summed E-state index contributed by atoms with van der Waals surface area (Å²) in [6.07, 6.45) is -3.69. The maximum absolute atomic E-state index is 13.0. The van der Waals surface area contributed by atoms with E-state index in [2.05, 4.69) is 5.10 Å². The fraction of sp³-hybridized carbons (Fsp3) is 0.222. The van der Waals surface area contributed by atoms with Gasteiger partial charge in [-0.15, -0.1) is 0 Å². The minimum atomic E-state index is -4.63. The Labute approximate surface area is 172 Å². The molecule has 0 saturated carbocycles. The van der Waals surface area contributed by atoms with Crippen LogP contribution in [0.15, 0.2) is 39.9 Å². The summed E-state index contributed by atoms with van der Waals surface area (Å²) in [5, 5.41) is 4.14. The SMILES string of the molecule is NCCC(=O)N1C(=O)CN(N=Cc2ccc(-c3ccc(Cl)c(C(F)(F)F)c3)o2)C1=O. The van der Waals surface area contributed by atoms with Gasteiger partial charge in [-0.25, -0.2) is 9.80 Å². The monoisotopic (exact) mass is 442 g/mol. The number of alkyl halides is 3. The van der Waals surface area contributed by atoms with Crippen LogP contribution in [-0.4, -0.2) is 47.1 Å². The van der Waals surface area contributed by atoms with Gasteiger partial charge < -0.3 is 10.2 Å². The molecule has 30 heavy (non-hydrogen) atoms. The third-order valence-electron chi connectivity index (χ3n) is 4.06. The summed E-state index contributed by atoms with van der Waals surface area (Å²) in [5.74, 6) is -1.24. The molecule has 1 aromatic heterocycles. The number of carbonyl (C=O) groups excluding carboxylic acids is 3. The largest absolute Gasteiger partial charge is 0.455 e. The highest BCUT2D eigenvalue weighted by atomic mass is 35.5. The van der Waals surface area contributed by atoms with Crippen LogP contribution >= 0.6 is 11.6 Å². The lowest BCUT2D eigenvalue weighted by Crippen LogP contribution is -2.38. The predicted molar refractivity (Wildman–Crippen MR) is 99.4 cm³/mol. The number of hydrazone groups is 1. The molecule has 1 aromatic carbocycles. The number of furan rings is 1. The first-order valence-electron chi connectivity index (χ1n) is 8.50. The van der Waals surface area contributed by atoms with Crippen molar-refractivity contribution in [3.8, 4) is 11.3 Å². The Kier molecular flexibility index (Phi) is 5.94. The van der Waals surface area contributed by atoms with Crippen LogP contribution in [-0.2, 0) is 15.8 Å². The van der Waals surface area contributed by atoms with Gasteiger partial charge in [0.1, 0.15) is 18.1 Å². The lowest BCUT2D eigenvalue weighted by molar-refractivity contribution is -0.139. The highest BCUT2D eigenvalue weighted by Gasteiger charge is 2.40. The number of hydrogen-bond donors (Lipinski definition) is 1. The Hall–Kier alpha value is -3.18. The molecule has 1 aliphatic rings. The smallest absolute Gasteiger partial charge is 0.417 e. The van der Waals surface area contributed by atoms with Gasteiger partial charge in [-0.05, 0) is 30.3 Å². The lowest BCUT2D eigenvalue weighted by Gasteiger charge is -2.11. The van der Waals surface area contributed by atoms with Gasteiger partial charge in [0.25, 0.3) is 5.91 Å². The molecule has 8 nitrogen and oxygen atoms in total. The highest BCUT2D eigenvalue weighted by molar-refractivity contribution is 6.31. The molecule has 0 unspecified atom stereocenters. The molecular formula is C18H14ClF3N4O4. The molecule has 158 valence electrons. The summed E-state index contributed by atoms with van der Waals surface area (Å²) in [5.41, 5.74) is 4.39. The van der Waals surface area contributed by atoms with Crippen LogP contribution < -0.4 is 5.73 Å². The Morgan fingerprint density at radius 2 is 2.00 bits per heavy atom. The molecule has 0 spiro atoms. The minimum Gasteiger partial charge on any atom is -0.455 e. The summed E-state index contributed by atoms with van der Waals surface area (Å²) >= 11 is 5.60. The van der Waals surface area contributed by atoms with Gasteiger partial charge in [0.2, 0.25) is 5.91 Å². The fourth-order valence-corrected chi connectivity index (χ4v) is 2.88. The van der Waals surface area contributed by atoms with Gasteiger partial charge in [0.15, 0.2) is 0 Å². The van der Waals surface area contributed by atoms with Gasteiger partial charge in [-0.1, -0.05) is 11.6 Å². The molecule has 1 aliphatic heterocycles. The van der Waals surface area contributed by atoms with E-state index in [-0.39, 0.29) is 30.0 Å². The molecule has 0 aliphatic carbocycles. The van der Waals surface area contributed by atoms with E-state index in [0.717, 1.165) is 23.4 Å². The maximum atomic E-state index is 13.0. The van der Waals surface area contributed by atoms with E-state index < -0.39 is 41.2 Å². The summed E-state index contributed by atoms with van der Waals surface area (Å²) in [4.78, 5) is 36.3. The van der Waals surface area contributed by atoms with Gasteiger partial charge in [0.05, 0.1) is 16.8 Å². The number of urea groups is 1. The second-order valence-corrected chi connectivity index (χ2v) is 6.55. The number of carbonyl (C=O) groups is 3. The number of amides is 4. The van der Waals surface area contributed by atoms with E-state index in [1.54, 1.807) is 0 Å². The van der Waals surface area contributed by atoms with Crippen molar-refractivity contribution in [1.82, 2.24) is 9.91 Å². The molecule has 2 heterocycles. The molecule has 0 radical (unpaired) electrons. The zero-order chi connectivity index (χ0) is 22.1. The molecule has 2 N–H and O–H groups in total. The molecular weight excluding hydrogens is 429 g/mol. The first-order chi connectivity index (χ1) is 14.1. The molecule has 0 atom stereocenters. The lowest BCUT2D eigenvalue weighted by atomic mass is 10.1. The van der Waals surface area contributed by atoms with Crippen LogP contribution in [0.2, 0.25) is 5.02 Å². The Morgan fingerprint density at radius 3 is 2.67 bits per heavy atom. The standard InChI is InChI=1S/C18H14ClF3N4O4/c19-13-3-1-10(7-12(13)18(20,21)22)14-4-2-11(30-14)8-24-25-9-16(28)26(17(25)29)15(27)5-6-23/h1-4,7-8H,5-6,9,23H2. The van der Waals surface area contributed by atoms with Crippen molar-refractivity contribution in [3.05, 3.63) is 46.7 Å². The normalized spacial score (nSPS) is 15.0. The summed E-state index contributed by atoms with van der Waals surface area (Å²) in [7, 11) is 0. The third kappa shape index (κ3) is 4.36. The molecule has 0 bridgehead atoms. The predicted octanol–water partition coefficient (Wildman–Crippen LogP) is 3.09. The quantitative estimate of drug-likeness (QED) is 0.565. The van der Waals surface area contributed by atoms with Crippen LogP contribution in [0.4, 0.5) is 18.0 Å². The van der Waals surface area contributed by atoms with Crippen LogP contribution in [0.1, 0.15) is 17.7 Å². The number of benzene rings is 1. The van der Waals surface area contributed by atoms with E-state index in [0.29, 0.717) is 4.90 Å². The summed E-state index contributed by atoms with van der Waals surface area (Å²) < 4.78 is 44.5. The zero-order valence-corrected chi connectivity index (χ0v) is 15.9. The average Bonchev–Trinajstić information content (AvgIpc) is 3.24. The van der Waals surface area contributed by atoms with Crippen molar-refractivity contribution in [1.29, 1.82) is 0 Å². The third-order valence-corrected chi connectivity index (χ3v) is 4.39. The van der Waals surface area contributed by atoms with Crippen LogP contribution in [0.5, 0.6) is 0 Å². The Morgan fingerprint density at radius 1 is 1.27 bits per heavy atom. The van der Waals surface area contributed by atoms with Crippen molar-refractivity contribution in [2.24, 2.45) is 10.8 Å². The topological polar surface area (TPSA) is 109 Å². The first-order valence-corrected chi connectivity index (χ1v) is 8.88. The van der Waals surface area contributed by atoms with Crippen LogP contribution in [0.3, 0.4) is 0 Å². The first kappa shape index (κ1) is 21.5. The number of nitrogens with zero attached hydrogens (tertiary/aromatic N) is 3. The van der Waals surface area contributed by atoms with Crippen LogP contribution in [0.25, 0.3) is 11.3 Å². The number of halogens is 4. The van der Waals surface area contributed by atoms with E-state index in [9.17, 15) is 27.6 Å². The summed E-state index contributed by atoms with van der Waals surface area (Å²) in [6.45, 7) is -0.458. The number of nitrogens with two attached hydrogens (primary N) is 1. The van der Waals surface area contributed by atoms with E-state index in [1.807, 2.05) is 0 Å². The van der Waals surface area contributed by atoms with Crippen molar-refractivity contribution in [3.63, 3.8) is 0 Å². The van der Waals surface area contributed by atoms with Crippen molar-refractivity contribution in [2.75, 3.05) is 13.1 Å². The molecule has 3 rings (SSSR count). The maximum Gasteiger partial charge on any atom is 0.417 e. The molecule has 12 heteroatoms. The minimum absolute atomic E-state index is 0.0188. The Balaban J connectivity index is 1.77. The summed E-state index contributed by atoms with van der Waals surface area (Å²) in [6, 6.07) is 5.23. The van der Waals surface area contributed by atoms with Gasteiger partial charge in [-0.3, -0.25) is 9.59 Å². The van der Waals surface area contributed by atoms with Gasteiger partial charge in [-0.2, -0.15) is 23.2 Å². The average molecular weight is 443 g/mol. The fourth-order valence-electron chi connectivity index (χ4n) is 2.66. The zero-order valence-electron chi connectivity index (χ0n) is 15.1. The second-order valence-electron chi connectivity index (χ2n) is 6.14. The van der Waals surface area contributed by atoms with Gasteiger partial charge >= 0.3 is 12.2 Å². The van der Waals surface area contributed by atoms with E-state index >= 15 is 0 Å². The van der Waals surface area contributed by atoms with Crippen molar-refractivity contribution < 1.29 is 32.0 Å². The molecule has 2 aromatic rings. The molecule has 4 amide bonds. The van der Waals surface area contributed by atoms with E-state index in [1.165, 1.54) is 18.2 Å². The van der Waals surface area contributed by atoms with E-state index in [4.69, 9.17) is 21.8 Å². The number of hydrogen-bond acceptors (Lipinski definition) is 6. The van der Waals surface area contributed by atoms with Crippen LogP contribution in [0, 0.1) is 0 Å².